The number of non-ortho nitro benzene ring substituents is 1. The Bertz CT molecular complexity index is 795. The van der Waals surface area contributed by atoms with Gasteiger partial charge in [0.25, 0.3) is 11.6 Å². The molecule has 2 aromatic rings. The van der Waals surface area contributed by atoms with Crippen molar-refractivity contribution in [3.8, 4) is 0 Å². The Labute approximate surface area is 142 Å². The van der Waals surface area contributed by atoms with E-state index in [-0.39, 0.29) is 10.8 Å². The molecule has 2 rings (SSSR count). The van der Waals surface area contributed by atoms with Crippen molar-refractivity contribution >= 4 is 46.2 Å². The number of halogens is 1. The maximum Gasteiger partial charge on any atom is 0.271 e. The van der Waals surface area contributed by atoms with Crippen LogP contribution >= 0.6 is 23.8 Å². The molecule has 0 heterocycles. The average Bonchev–Trinajstić information content (AvgIpc) is 2.49. The van der Waals surface area contributed by atoms with Crippen molar-refractivity contribution in [3.05, 3.63) is 68.7 Å². The Morgan fingerprint density at radius 3 is 2.65 bits per heavy atom. The zero-order valence-electron chi connectivity index (χ0n) is 12.0. The molecular formula is C15H12ClN3O3S. The first-order chi connectivity index (χ1) is 10.9. The van der Waals surface area contributed by atoms with Gasteiger partial charge in [-0.3, -0.25) is 20.2 Å². The summed E-state index contributed by atoms with van der Waals surface area (Å²) in [5.74, 6) is -0.423. The maximum atomic E-state index is 12.1. The summed E-state index contributed by atoms with van der Waals surface area (Å²) in [4.78, 5) is 22.4. The zero-order chi connectivity index (χ0) is 17.0. The molecule has 0 atom stereocenters. The number of rotatable bonds is 3. The first kappa shape index (κ1) is 16.9. The summed E-state index contributed by atoms with van der Waals surface area (Å²) in [6.07, 6.45) is 0. The minimum atomic E-state index is -0.502. The fourth-order valence-corrected chi connectivity index (χ4v) is 2.21. The number of hydrogen-bond donors (Lipinski definition) is 2. The quantitative estimate of drug-likeness (QED) is 0.501. The smallest absolute Gasteiger partial charge is 0.271 e. The van der Waals surface area contributed by atoms with Gasteiger partial charge in [0.1, 0.15) is 0 Å². The van der Waals surface area contributed by atoms with Crippen LogP contribution in [0.4, 0.5) is 11.4 Å². The second kappa shape index (κ2) is 7.17. The Kier molecular flexibility index (Phi) is 5.25. The Hall–Kier alpha value is -2.51. The standard InChI is InChI=1S/C15H12ClN3O3S/c1-9-5-6-12(19(21)22)8-13(9)17-15(23)18-14(20)10-3-2-4-11(16)7-10/h2-8H,1H3,(H2,17,18,20,23). The molecule has 0 bridgehead atoms. The van der Waals surface area contributed by atoms with Crippen molar-refractivity contribution in [3.63, 3.8) is 0 Å². The summed E-state index contributed by atoms with van der Waals surface area (Å²) in [6, 6.07) is 10.8. The molecule has 0 unspecified atom stereocenters. The summed E-state index contributed by atoms with van der Waals surface area (Å²) in [6.45, 7) is 1.77. The first-order valence-electron chi connectivity index (χ1n) is 6.50. The topological polar surface area (TPSA) is 84.3 Å². The molecule has 0 aliphatic heterocycles. The zero-order valence-corrected chi connectivity index (χ0v) is 13.6. The van der Waals surface area contributed by atoms with Gasteiger partial charge in [-0.05, 0) is 42.9 Å². The molecule has 2 N–H and O–H groups in total. The molecule has 1 amide bonds. The Balaban J connectivity index is 2.09. The van der Waals surface area contributed by atoms with E-state index >= 15 is 0 Å². The van der Waals surface area contributed by atoms with E-state index in [1.807, 2.05) is 0 Å². The number of thiocarbonyl (C=S) groups is 1. The molecule has 0 spiro atoms. The van der Waals surface area contributed by atoms with E-state index in [9.17, 15) is 14.9 Å². The third-order valence-electron chi connectivity index (χ3n) is 2.99. The van der Waals surface area contributed by atoms with Crippen LogP contribution in [0, 0.1) is 17.0 Å². The number of nitro benzene ring substituents is 1. The number of nitrogens with one attached hydrogen (secondary N) is 2. The van der Waals surface area contributed by atoms with E-state index in [1.54, 1.807) is 31.2 Å². The second-order valence-corrected chi connectivity index (χ2v) is 5.52. The summed E-state index contributed by atoms with van der Waals surface area (Å²) in [5.41, 5.74) is 1.50. The van der Waals surface area contributed by atoms with Gasteiger partial charge in [0, 0.05) is 28.4 Å². The molecule has 6 nitrogen and oxygen atoms in total. The molecule has 0 fully saturated rings. The lowest BCUT2D eigenvalue weighted by atomic mass is 10.2. The van der Waals surface area contributed by atoms with Crippen LogP contribution in [0.15, 0.2) is 42.5 Å². The highest BCUT2D eigenvalue weighted by molar-refractivity contribution is 7.80. The summed E-state index contributed by atoms with van der Waals surface area (Å²) in [5, 5.41) is 16.6. The third kappa shape index (κ3) is 4.48. The van der Waals surface area contributed by atoms with Crippen LogP contribution in [0.3, 0.4) is 0 Å². The molecule has 0 aliphatic rings. The minimum absolute atomic E-state index is 0.0403. The van der Waals surface area contributed by atoms with Crippen molar-refractivity contribution in [2.75, 3.05) is 5.32 Å². The minimum Gasteiger partial charge on any atom is -0.332 e. The third-order valence-corrected chi connectivity index (χ3v) is 3.43. The summed E-state index contributed by atoms with van der Waals surface area (Å²) in [7, 11) is 0. The number of nitrogens with zero attached hydrogens (tertiary/aromatic N) is 1. The van der Waals surface area contributed by atoms with E-state index in [0.717, 1.165) is 5.56 Å². The van der Waals surface area contributed by atoms with Crippen LogP contribution in [0.2, 0.25) is 5.02 Å². The molecule has 0 aliphatic carbocycles. The van der Waals surface area contributed by atoms with Crippen molar-refractivity contribution in [2.45, 2.75) is 6.92 Å². The fraction of sp³-hybridized carbons (Fsp3) is 0.0667. The van der Waals surface area contributed by atoms with E-state index in [4.69, 9.17) is 23.8 Å². The normalized spacial score (nSPS) is 10.0. The van der Waals surface area contributed by atoms with Crippen LogP contribution in [0.5, 0.6) is 0 Å². The number of aryl methyl sites for hydroxylation is 1. The van der Waals surface area contributed by atoms with Crippen LogP contribution < -0.4 is 10.6 Å². The van der Waals surface area contributed by atoms with Gasteiger partial charge < -0.3 is 5.32 Å². The largest absolute Gasteiger partial charge is 0.332 e. The molecule has 23 heavy (non-hydrogen) atoms. The number of benzene rings is 2. The highest BCUT2D eigenvalue weighted by atomic mass is 35.5. The SMILES string of the molecule is Cc1ccc([N+](=O)[O-])cc1NC(=S)NC(=O)c1cccc(Cl)c1. The van der Waals surface area contributed by atoms with Gasteiger partial charge in [0.15, 0.2) is 5.11 Å². The van der Waals surface area contributed by atoms with Crippen molar-refractivity contribution < 1.29 is 9.72 Å². The molecule has 0 aromatic heterocycles. The molecule has 2 aromatic carbocycles. The van der Waals surface area contributed by atoms with Gasteiger partial charge in [0.2, 0.25) is 0 Å². The maximum absolute atomic E-state index is 12.1. The summed E-state index contributed by atoms with van der Waals surface area (Å²) < 4.78 is 0. The predicted molar refractivity (Wildman–Crippen MR) is 93.0 cm³/mol. The molecular weight excluding hydrogens is 338 g/mol. The van der Waals surface area contributed by atoms with E-state index in [1.165, 1.54) is 18.2 Å². The monoisotopic (exact) mass is 349 g/mol. The van der Waals surface area contributed by atoms with Gasteiger partial charge in [0.05, 0.1) is 4.92 Å². The number of nitro groups is 1. The number of hydrogen-bond acceptors (Lipinski definition) is 4. The van der Waals surface area contributed by atoms with Crippen molar-refractivity contribution in [1.29, 1.82) is 0 Å². The average molecular weight is 350 g/mol. The van der Waals surface area contributed by atoms with Crippen LogP contribution in [0.1, 0.15) is 15.9 Å². The van der Waals surface area contributed by atoms with E-state index in [0.29, 0.717) is 16.3 Å². The molecule has 0 saturated carbocycles. The predicted octanol–water partition coefficient (Wildman–Crippen LogP) is 3.68. The Morgan fingerprint density at radius 1 is 1.26 bits per heavy atom. The number of carbonyl (C=O) groups excluding carboxylic acids is 1. The van der Waals surface area contributed by atoms with Crippen LogP contribution in [0.25, 0.3) is 0 Å². The first-order valence-corrected chi connectivity index (χ1v) is 7.28. The van der Waals surface area contributed by atoms with Gasteiger partial charge in [-0.1, -0.05) is 23.7 Å². The number of amides is 1. The number of anilines is 1. The highest BCUT2D eigenvalue weighted by Crippen LogP contribution is 2.21. The fourth-order valence-electron chi connectivity index (χ4n) is 1.82. The van der Waals surface area contributed by atoms with E-state index in [2.05, 4.69) is 10.6 Å². The number of carbonyl (C=O) groups is 1. The Morgan fingerprint density at radius 2 is 2.00 bits per heavy atom. The van der Waals surface area contributed by atoms with Crippen molar-refractivity contribution in [2.24, 2.45) is 0 Å². The molecule has 118 valence electrons. The lowest BCUT2D eigenvalue weighted by Gasteiger charge is -2.11. The molecule has 0 radical (unpaired) electrons. The molecule has 0 saturated heterocycles. The van der Waals surface area contributed by atoms with Gasteiger partial charge in [-0.15, -0.1) is 0 Å². The van der Waals surface area contributed by atoms with Crippen LogP contribution in [-0.4, -0.2) is 15.9 Å². The lowest BCUT2D eigenvalue weighted by Crippen LogP contribution is -2.34. The molecule has 8 heteroatoms. The van der Waals surface area contributed by atoms with Crippen LogP contribution in [-0.2, 0) is 0 Å². The van der Waals surface area contributed by atoms with Gasteiger partial charge in [-0.2, -0.15) is 0 Å². The van der Waals surface area contributed by atoms with Gasteiger partial charge >= 0.3 is 0 Å². The van der Waals surface area contributed by atoms with E-state index < -0.39 is 10.8 Å². The van der Waals surface area contributed by atoms with Gasteiger partial charge in [-0.25, -0.2) is 0 Å². The highest BCUT2D eigenvalue weighted by Gasteiger charge is 2.12. The summed E-state index contributed by atoms with van der Waals surface area (Å²) >= 11 is 10.9. The lowest BCUT2D eigenvalue weighted by molar-refractivity contribution is -0.384. The van der Waals surface area contributed by atoms with Crippen molar-refractivity contribution in [1.82, 2.24) is 5.32 Å². The second-order valence-electron chi connectivity index (χ2n) is 4.67.